The lowest BCUT2D eigenvalue weighted by Gasteiger charge is -2.26. The molecule has 0 aromatic heterocycles. The number of ether oxygens (including phenoxy) is 2. The Balaban J connectivity index is 1.58. The van der Waals surface area contributed by atoms with Gasteiger partial charge in [-0.3, -0.25) is 19.7 Å². The molecule has 1 fully saturated rings. The van der Waals surface area contributed by atoms with Crippen molar-refractivity contribution >= 4 is 52.8 Å². The van der Waals surface area contributed by atoms with Gasteiger partial charge >= 0.3 is 6.03 Å². The second-order valence-electron chi connectivity index (χ2n) is 8.26. The van der Waals surface area contributed by atoms with Crippen LogP contribution in [0.5, 0.6) is 11.5 Å². The lowest BCUT2D eigenvalue weighted by molar-refractivity contribution is -0.122. The highest BCUT2D eigenvalue weighted by atomic mass is 35.5. The van der Waals surface area contributed by atoms with E-state index in [4.69, 9.17) is 21.1 Å². The van der Waals surface area contributed by atoms with Crippen LogP contribution in [0.1, 0.15) is 18.1 Å². The van der Waals surface area contributed by atoms with Gasteiger partial charge in [-0.1, -0.05) is 47.5 Å². The Kier molecular flexibility index (Phi) is 8.08. The molecule has 0 saturated carbocycles. The molecule has 0 spiro atoms. The third kappa shape index (κ3) is 6.01. The smallest absolute Gasteiger partial charge is 0.335 e. The van der Waals surface area contributed by atoms with Crippen molar-refractivity contribution in [3.8, 4) is 11.5 Å². The number of amides is 5. The predicted octanol–water partition coefficient (Wildman–Crippen LogP) is 4.73. The summed E-state index contributed by atoms with van der Waals surface area (Å²) >= 11 is 6.45. The molecule has 4 rings (SSSR count). The van der Waals surface area contributed by atoms with E-state index in [1.807, 2.05) is 13.0 Å². The molecule has 0 atom stereocenters. The summed E-state index contributed by atoms with van der Waals surface area (Å²) in [5.41, 5.74) is 1.98. The number of urea groups is 1. The number of carbonyl (C=O) groups is 4. The van der Waals surface area contributed by atoms with Gasteiger partial charge in [0.05, 0.1) is 17.3 Å². The molecular weight excluding hydrogens is 510 g/mol. The van der Waals surface area contributed by atoms with Crippen LogP contribution in [0.4, 0.5) is 16.2 Å². The number of hydrogen-bond donors (Lipinski definition) is 2. The van der Waals surface area contributed by atoms with Crippen LogP contribution in [0.25, 0.3) is 6.08 Å². The maximum absolute atomic E-state index is 13.2. The fourth-order valence-corrected chi connectivity index (χ4v) is 3.96. The minimum absolute atomic E-state index is 0.102. The zero-order valence-corrected chi connectivity index (χ0v) is 21.4. The van der Waals surface area contributed by atoms with Gasteiger partial charge < -0.3 is 14.8 Å². The number of nitrogens with one attached hydrogen (secondary N) is 2. The monoisotopic (exact) mass is 533 g/mol. The molecule has 1 aliphatic rings. The fraction of sp³-hybridized carbons (Fsp3) is 0.143. The zero-order valence-electron chi connectivity index (χ0n) is 20.6. The van der Waals surface area contributed by atoms with Crippen LogP contribution < -0.4 is 25.0 Å². The third-order valence-corrected chi connectivity index (χ3v) is 5.72. The first-order valence-electron chi connectivity index (χ1n) is 11.7. The fourth-order valence-electron chi connectivity index (χ4n) is 3.68. The van der Waals surface area contributed by atoms with E-state index in [2.05, 4.69) is 10.6 Å². The molecule has 3 aromatic carbocycles. The number of nitrogens with zero attached hydrogens (tertiary/aromatic N) is 1. The van der Waals surface area contributed by atoms with Crippen LogP contribution in [0.3, 0.4) is 0 Å². The molecular formula is C28H24ClN3O6. The molecule has 1 saturated heterocycles. The molecule has 2 N–H and O–H groups in total. The van der Waals surface area contributed by atoms with Crippen LogP contribution in [0.15, 0.2) is 72.3 Å². The number of benzene rings is 3. The van der Waals surface area contributed by atoms with E-state index in [0.29, 0.717) is 16.9 Å². The summed E-state index contributed by atoms with van der Waals surface area (Å²) in [6.45, 7) is 3.56. The Morgan fingerprint density at radius 1 is 1.03 bits per heavy atom. The van der Waals surface area contributed by atoms with Crippen molar-refractivity contribution in [3.63, 3.8) is 0 Å². The van der Waals surface area contributed by atoms with E-state index in [-0.39, 0.29) is 35.3 Å². The highest BCUT2D eigenvalue weighted by molar-refractivity contribution is 6.39. The predicted molar refractivity (Wildman–Crippen MR) is 143 cm³/mol. The largest absolute Gasteiger partial charge is 0.490 e. The highest BCUT2D eigenvalue weighted by Crippen LogP contribution is 2.37. The van der Waals surface area contributed by atoms with Gasteiger partial charge in [0.2, 0.25) is 0 Å². The summed E-state index contributed by atoms with van der Waals surface area (Å²) in [4.78, 5) is 51.4. The second-order valence-corrected chi connectivity index (χ2v) is 8.67. The van der Waals surface area contributed by atoms with Crippen molar-refractivity contribution in [1.29, 1.82) is 0 Å². The van der Waals surface area contributed by atoms with Crippen LogP contribution in [0.2, 0.25) is 5.02 Å². The van der Waals surface area contributed by atoms with E-state index >= 15 is 0 Å². The Bertz CT molecular complexity index is 1420. The van der Waals surface area contributed by atoms with Crippen LogP contribution in [-0.2, 0) is 14.4 Å². The van der Waals surface area contributed by atoms with E-state index < -0.39 is 23.8 Å². The van der Waals surface area contributed by atoms with Gasteiger partial charge in [0.1, 0.15) is 5.57 Å². The number of para-hydroxylation sites is 1. The Morgan fingerprint density at radius 3 is 2.42 bits per heavy atom. The summed E-state index contributed by atoms with van der Waals surface area (Å²) in [5.74, 6) is -1.67. The molecule has 0 radical (unpaired) electrons. The Labute approximate surface area is 224 Å². The summed E-state index contributed by atoms with van der Waals surface area (Å²) in [5, 5.41) is 5.00. The number of carbonyl (C=O) groups excluding carboxylic acids is 4. The van der Waals surface area contributed by atoms with E-state index in [1.165, 1.54) is 18.2 Å². The van der Waals surface area contributed by atoms with Gasteiger partial charge in [0, 0.05) is 5.69 Å². The average Bonchev–Trinajstić information content (AvgIpc) is 2.88. The number of anilines is 2. The van der Waals surface area contributed by atoms with Gasteiger partial charge in [0.25, 0.3) is 17.7 Å². The summed E-state index contributed by atoms with van der Waals surface area (Å²) < 4.78 is 11.3. The van der Waals surface area contributed by atoms with Gasteiger partial charge in [-0.15, -0.1) is 0 Å². The SMILES string of the molecule is CCOc1cc(/C=C2\C(=O)NC(=O)N(c3ccc(C)cc3)C2=O)cc(Cl)c1OCC(=O)Nc1ccccc1. The molecule has 1 heterocycles. The van der Waals surface area contributed by atoms with Gasteiger partial charge in [-0.2, -0.15) is 0 Å². The van der Waals surface area contributed by atoms with Crippen molar-refractivity contribution in [3.05, 3.63) is 88.5 Å². The van der Waals surface area contributed by atoms with Gasteiger partial charge in [-0.05, 0) is 61.9 Å². The summed E-state index contributed by atoms with van der Waals surface area (Å²) in [6, 6.07) is 17.8. The van der Waals surface area contributed by atoms with Crippen molar-refractivity contribution < 1.29 is 28.7 Å². The van der Waals surface area contributed by atoms with Crippen LogP contribution in [0, 0.1) is 6.92 Å². The molecule has 5 amide bonds. The summed E-state index contributed by atoms with van der Waals surface area (Å²) in [7, 11) is 0. The van der Waals surface area contributed by atoms with Crippen LogP contribution >= 0.6 is 11.6 Å². The molecule has 9 nitrogen and oxygen atoms in total. The zero-order chi connectivity index (χ0) is 27.2. The second kappa shape index (κ2) is 11.6. The maximum Gasteiger partial charge on any atom is 0.335 e. The third-order valence-electron chi connectivity index (χ3n) is 5.44. The molecule has 3 aromatic rings. The average molecular weight is 534 g/mol. The van der Waals surface area contributed by atoms with Crippen molar-refractivity contribution in [2.45, 2.75) is 13.8 Å². The lowest BCUT2D eigenvalue weighted by atomic mass is 10.1. The van der Waals surface area contributed by atoms with Crippen molar-refractivity contribution in [2.75, 3.05) is 23.4 Å². The van der Waals surface area contributed by atoms with Gasteiger partial charge in [0.15, 0.2) is 18.1 Å². The molecule has 38 heavy (non-hydrogen) atoms. The summed E-state index contributed by atoms with van der Waals surface area (Å²) in [6.07, 6.45) is 1.31. The molecule has 10 heteroatoms. The Hall–Kier alpha value is -4.63. The van der Waals surface area contributed by atoms with E-state index in [1.54, 1.807) is 55.5 Å². The molecule has 0 unspecified atom stereocenters. The van der Waals surface area contributed by atoms with Gasteiger partial charge in [-0.25, -0.2) is 9.69 Å². The molecule has 1 aliphatic heterocycles. The normalized spacial score (nSPS) is 14.3. The lowest BCUT2D eigenvalue weighted by Crippen LogP contribution is -2.54. The standard InChI is InChI=1S/C28H24ClN3O6/c1-3-37-23-15-18(14-22(29)25(23)38-16-24(33)30-19-7-5-4-6-8-19)13-21-26(34)31-28(36)32(27(21)35)20-11-9-17(2)10-12-20/h4-15H,3,16H2,1-2H3,(H,30,33)(H,31,34,36)/b21-13+. The highest BCUT2D eigenvalue weighted by Gasteiger charge is 2.36. The number of barbiturate groups is 1. The topological polar surface area (TPSA) is 114 Å². The number of rotatable bonds is 8. The number of aryl methyl sites for hydroxylation is 1. The first-order chi connectivity index (χ1) is 18.3. The minimum atomic E-state index is -0.841. The maximum atomic E-state index is 13.2. The molecule has 194 valence electrons. The number of hydrogen-bond acceptors (Lipinski definition) is 6. The van der Waals surface area contributed by atoms with Crippen LogP contribution in [-0.4, -0.2) is 37.0 Å². The number of imide groups is 2. The quantitative estimate of drug-likeness (QED) is 0.319. The molecule has 0 aliphatic carbocycles. The van der Waals surface area contributed by atoms with E-state index in [9.17, 15) is 19.2 Å². The Morgan fingerprint density at radius 2 is 1.74 bits per heavy atom. The minimum Gasteiger partial charge on any atom is -0.490 e. The first-order valence-corrected chi connectivity index (χ1v) is 12.1. The number of halogens is 1. The first kappa shape index (κ1) is 26.4. The van der Waals surface area contributed by atoms with E-state index in [0.717, 1.165) is 10.5 Å². The van der Waals surface area contributed by atoms with Crippen molar-refractivity contribution in [1.82, 2.24) is 5.32 Å². The molecule has 0 bridgehead atoms. The van der Waals surface area contributed by atoms with Crippen molar-refractivity contribution in [2.24, 2.45) is 0 Å².